The van der Waals surface area contributed by atoms with E-state index in [4.69, 9.17) is 0 Å². The molecule has 0 aliphatic heterocycles. The molecule has 94 valence electrons. The van der Waals surface area contributed by atoms with Crippen molar-refractivity contribution in [2.45, 2.75) is 32.7 Å². The van der Waals surface area contributed by atoms with Gasteiger partial charge in [-0.3, -0.25) is 0 Å². The van der Waals surface area contributed by atoms with Crippen LogP contribution >= 0.6 is 18.9 Å². The standard InChI is InChI=1S/C10H23N4PS/c1-10(2,3)9-8-14(13-12-9)7-6-11-15(4,5)16/h8,11,15-16H,6-7H2,1-5H3. The van der Waals surface area contributed by atoms with Gasteiger partial charge in [0, 0.05) is 0 Å². The molecule has 0 radical (unpaired) electrons. The molecule has 1 heterocycles. The van der Waals surface area contributed by atoms with Gasteiger partial charge in [-0.15, -0.1) is 0 Å². The maximum atomic E-state index is 4.53. The Bertz CT molecular complexity index is 337. The molecule has 0 saturated heterocycles. The van der Waals surface area contributed by atoms with Crippen LogP contribution in [-0.4, -0.2) is 34.9 Å². The molecule has 0 amide bonds. The van der Waals surface area contributed by atoms with Crippen molar-refractivity contribution in [2.75, 3.05) is 19.9 Å². The summed E-state index contributed by atoms with van der Waals surface area (Å²) in [7, 11) is 0. The zero-order chi connectivity index (χ0) is 12.4. The van der Waals surface area contributed by atoms with Crippen LogP contribution in [-0.2, 0) is 12.0 Å². The number of thiol groups is 1. The minimum absolute atomic E-state index is 0.0727. The molecule has 0 atom stereocenters. The van der Waals surface area contributed by atoms with Crippen LogP contribution in [0.3, 0.4) is 0 Å². The Labute approximate surface area is 104 Å². The van der Waals surface area contributed by atoms with Crippen molar-refractivity contribution in [3.63, 3.8) is 0 Å². The van der Waals surface area contributed by atoms with Crippen LogP contribution < -0.4 is 5.09 Å². The van der Waals surface area contributed by atoms with Crippen LogP contribution in [0.25, 0.3) is 0 Å². The molecule has 0 saturated carbocycles. The average molecular weight is 262 g/mol. The summed E-state index contributed by atoms with van der Waals surface area (Å²) in [4.78, 5) is 0. The van der Waals surface area contributed by atoms with Crippen LogP contribution in [0.5, 0.6) is 0 Å². The zero-order valence-corrected chi connectivity index (χ0v) is 12.7. The molecule has 1 rings (SSSR count). The molecule has 0 aliphatic rings. The first-order valence-corrected chi connectivity index (χ1v) is 9.85. The van der Waals surface area contributed by atoms with Gasteiger partial charge in [0.1, 0.15) is 0 Å². The number of nitrogens with one attached hydrogen (secondary N) is 1. The Balaban J connectivity index is 2.48. The molecule has 0 bridgehead atoms. The first-order chi connectivity index (χ1) is 7.18. The fraction of sp³-hybridized carbons (Fsp3) is 0.800. The van der Waals surface area contributed by atoms with Gasteiger partial charge in [0.05, 0.1) is 0 Å². The summed E-state index contributed by atoms with van der Waals surface area (Å²) in [5.41, 5.74) is 1.11. The Kier molecular flexibility index (Phi) is 4.38. The van der Waals surface area contributed by atoms with E-state index >= 15 is 0 Å². The van der Waals surface area contributed by atoms with E-state index in [-0.39, 0.29) is 5.41 Å². The fourth-order valence-electron chi connectivity index (χ4n) is 1.23. The molecule has 1 aromatic heterocycles. The van der Waals surface area contributed by atoms with E-state index in [9.17, 15) is 0 Å². The third-order valence-corrected chi connectivity index (χ3v) is 3.80. The first-order valence-electron chi connectivity index (χ1n) is 5.56. The van der Waals surface area contributed by atoms with Crippen molar-refractivity contribution in [3.8, 4) is 0 Å². The monoisotopic (exact) mass is 262 g/mol. The van der Waals surface area contributed by atoms with Crippen molar-refractivity contribution in [1.82, 2.24) is 20.1 Å². The van der Waals surface area contributed by atoms with Crippen molar-refractivity contribution in [3.05, 3.63) is 11.9 Å². The molecule has 1 N–H and O–H groups in total. The van der Waals surface area contributed by atoms with Crippen LogP contribution in [0.2, 0.25) is 0 Å². The normalized spacial score (nSPS) is 14.1. The van der Waals surface area contributed by atoms with Crippen LogP contribution in [0, 0.1) is 0 Å². The average Bonchev–Trinajstić information content (AvgIpc) is 2.49. The predicted molar refractivity (Wildman–Crippen MR) is 75.9 cm³/mol. The molecule has 6 heteroatoms. The molecular formula is C10H23N4PS. The van der Waals surface area contributed by atoms with Gasteiger partial charge in [-0.05, 0) is 0 Å². The van der Waals surface area contributed by atoms with Gasteiger partial charge in [-0.25, -0.2) is 0 Å². The molecule has 0 fully saturated rings. The van der Waals surface area contributed by atoms with E-state index in [0.717, 1.165) is 18.8 Å². The summed E-state index contributed by atoms with van der Waals surface area (Å²) in [5.74, 6) is 0. The van der Waals surface area contributed by atoms with E-state index in [1.54, 1.807) is 0 Å². The SMILES string of the molecule is CC(C)(C)c1cn(CCN[PH](C)(C)S)nn1. The Hall–Kier alpha value is -0.120. The molecule has 0 unspecified atom stereocenters. The zero-order valence-electron chi connectivity index (χ0n) is 10.8. The fourth-order valence-corrected chi connectivity index (χ4v) is 2.29. The van der Waals surface area contributed by atoms with Crippen molar-refractivity contribution in [1.29, 1.82) is 0 Å². The van der Waals surface area contributed by atoms with Crippen molar-refractivity contribution in [2.24, 2.45) is 0 Å². The van der Waals surface area contributed by atoms with Gasteiger partial charge in [-0.2, -0.15) is 0 Å². The summed E-state index contributed by atoms with van der Waals surface area (Å²) in [5, 5.41) is 11.7. The summed E-state index contributed by atoms with van der Waals surface area (Å²) in [6.45, 7) is 11.0. The molecule has 0 spiro atoms. The number of rotatable bonds is 4. The molecule has 0 aromatic carbocycles. The minimum atomic E-state index is -1.46. The van der Waals surface area contributed by atoms with Gasteiger partial charge in [0.2, 0.25) is 0 Å². The third kappa shape index (κ3) is 4.81. The molecule has 4 nitrogen and oxygen atoms in total. The van der Waals surface area contributed by atoms with Crippen LogP contribution in [0.4, 0.5) is 0 Å². The predicted octanol–water partition coefficient (Wildman–Crippen LogP) is 1.93. The van der Waals surface area contributed by atoms with Crippen LogP contribution in [0.1, 0.15) is 26.5 Å². The molecule has 1 aromatic rings. The topological polar surface area (TPSA) is 42.7 Å². The quantitative estimate of drug-likeness (QED) is 0.643. The van der Waals surface area contributed by atoms with Gasteiger partial charge >= 0.3 is 103 Å². The number of aromatic nitrogens is 3. The summed E-state index contributed by atoms with van der Waals surface area (Å²) in [6.07, 6.45) is 2.02. The Morgan fingerprint density at radius 3 is 2.50 bits per heavy atom. The molecule has 0 aliphatic carbocycles. The van der Waals surface area contributed by atoms with Crippen LogP contribution in [0.15, 0.2) is 6.20 Å². The van der Waals surface area contributed by atoms with Gasteiger partial charge in [-0.1, -0.05) is 0 Å². The van der Waals surface area contributed by atoms with Gasteiger partial charge in [0.15, 0.2) is 0 Å². The molecular weight excluding hydrogens is 239 g/mol. The van der Waals surface area contributed by atoms with E-state index in [1.165, 1.54) is 0 Å². The van der Waals surface area contributed by atoms with Gasteiger partial charge < -0.3 is 0 Å². The second kappa shape index (κ2) is 5.03. The number of hydrogen-bond acceptors (Lipinski definition) is 4. The number of nitrogens with zero attached hydrogens (tertiary/aromatic N) is 3. The van der Waals surface area contributed by atoms with Crippen molar-refractivity contribution >= 4 is 18.9 Å². The van der Waals surface area contributed by atoms with Crippen molar-refractivity contribution < 1.29 is 0 Å². The van der Waals surface area contributed by atoms with Gasteiger partial charge in [0.25, 0.3) is 0 Å². The second-order valence-corrected chi connectivity index (χ2v) is 12.4. The first kappa shape index (κ1) is 13.9. The maximum absolute atomic E-state index is 4.53. The number of hydrogen-bond donors (Lipinski definition) is 2. The molecule has 16 heavy (non-hydrogen) atoms. The van der Waals surface area contributed by atoms with E-state index in [1.807, 2.05) is 10.9 Å². The summed E-state index contributed by atoms with van der Waals surface area (Å²) >= 11 is 4.53. The Morgan fingerprint density at radius 2 is 2.06 bits per heavy atom. The summed E-state index contributed by atoms with van der Waals surface area (Å²) < 4.78 is 1.89. The third-order valence-electron chi connectivity index (χ3n) is 2.21. The van der Waals surface area contributed by atoms with E-state index < -0.39 is 6.62 Å². The Morgan fingerprint density at radius 1 is 1.44 bits per heavy atom. The van der Waals surface area contributed by atoms with E-state index in [2.05, 4.69) is 61.7 Å². The van der Waals surface area contributed by atoms with E-state index in [0.29, 0.717) is 0 Å². The summed E-state index contributed by atoms with van der Waals surface area (Å²) in [6, 6.07) is 0. The second-order valence-electron chi connectivity index (χ2n) is 5.60.